The van der Waals surface area contributed by atoms with Gasteiger partial charge in [-0.05, 0) is 47.4 Å². The molecular formula is C28H23NO8. The summed E-state index contributed by atoms with van der Waals surface area (Å²) in [6, 6.07) is 19.6. The van der Waals surface area contributed by atoms with E-state index < -0.39 is 41.7 Å². The first kappa shape index (κ1) is 25.3. The number of nitrogens with zero attached hydrogens (tertiary/aromatic N) is 1. The van der Waals surface area contributed by atoms with Crippen LogP contribution >= 0.6 is 0 Å². The lowest BCUT2D eigenvalue weighted by Gasteiger charge is -2.44. The van der Waals surface area contributed by atoms with Gasteiger partial charge in [0, 0.05) is 0 Å². The Balaban J connectivity index is 1.51. The molecule has 0 aliphatic carbocycles. The first-order chi connectivity index (χ1) is 17.7. The number of amides is 2. The first-order valence-electron chi connectivity index (χ1n) is 11.5. The van der Waals surface area contributed by atoms with E-state index in [2.05, 4.69) is 0 Å². The molecule has 1 aliphatic heterocycles. The van der Waals surface area contributed by atoms with Gasteiger partial charge in [0.2, 0.25) is 11.8 Å². The fraction of sp³-hybridized carbons (Fsp3) is 0.179. The van der Waals surface area contributed by atoms with Crippen LogP contribution in [0.5, 0.6) is 0 Å². The van der Waals surface area contributed by atoms with Crippen LogP contribution in [0, 0.1) is 5.92 Å². The number of benzene rings is 3. The fourth-order valence-corrected chi connectivity index (χ4v) is 4.22. The lowest BCUT2D eigenvalue weighted by Crippen LogP contribution is -2.67. The zero-order valence-corrected chi connectivity index (χ0v) is 19.6. The van der Waals surface area contributed by atoms with Crippen molar-refractivity contribution in [1.29, 1.82) is 0 Å². The second-order valence-electron chi connectivity index (χ2n) is 8.64. The third kappa shape index (κ3) is 5.72. The molecule has 0 radical (unpaired) electrons. The van der Waals surface area contributed by atoms with E-state index in [0.29, 0.717) is 11.1 Å². The van der Waals surface area contributed by atoms with Crippen molar-refractivity contribution in [2.75, 3.05) is 0 Å². The smallest absolute Gasteiger partial charge is 0.335 e. The predicted octanol–water partition coefficient (Wildman–Crippen LogP) is 2.97. The van der Waals surface area contributed by atoms with Crippen molar-refractivity contribution in [2.45, 2.75) is 25.5 Å². The van der Waals surface area contributed by atoms with Gasteiger partial charge in [-0.15, -0.1) is 0 Å². The molecule has 1 saturated heterocycles. The van der Waals surface area contributed by atoms with E-state index in [0.717, 1.165) is 10.5 Å². The molecule has 2 amide bonds. The summed E-state index contributed by atoms with van der Waals surface area (Å²) in [5, 5.41) is 18.2. The van der Waals surface area contributed by atoms with Crippen molar-refractivity contribution in [3.63, 3.8) is 0 Å². The Morgan fingerprint density at radius 1 is 0.757 bits per heavy atom. The average molecular weight is 501 g/mol. The second kappa shape index (κ2) is 10.9. The first-order valence-corrected chi connectivity index (χ1v) is 11.5. The third-order valence-electron chi connectivity index (χ3n) is 6.13. The summed E-state index contributed by atoms with van der Waals surface area (Å²) in [6.07, 6.45) is -0.0175. The fourth-order valence-electron chi connectivity index (χ4n) is 4.22. The van der Waals surface area contributed by atoms with E-state index in [4.69, 9.17) is 9.84 Å². The Hall–Kier alpha value is -4.79. The van der Waals surface area contributed by atoms with Crippen LogP contribution in [0.25, 0.3) is 0 Å². The maximum absolute atomic E-state index is 13.1. The second-order valence-corrected chi connectivity index (χ2v) is 8.64. The molecule has 2 N–H and O–H groups in total. The monoisotopic (exact) mass is 501 g/mol. The number of rotatable bonds is 9. The Morgan fingerprint density at radius 3 is 2.05 bits per heavy atom. The number of carbonyl (C=O) groups is 5. The predicted molar refractivity (Wildman–Crippen MR) is 130 cm³/mol. The van der Waals surface area contributed by atoms with Crippen LogP contribution in [-0.2, 0) is 38.6 Å². The Bertz CT molecular complexity index is 1350. The Morgan fingerprint density at radius 2 is 1.41 bits per heavy atom. The summed E-state index contributed by atoms with van der Waals surface area (Å²) >= 11 is 0. The molecule has 1 aliphatic rings. The topological polar surface area (TPSA) is 138 Å². The molecule has 1 heterocycles. The minimum atomic E-state index is -1.14. The highest BCUT2D eigenvalue weighted by atomic mass is 16.5. The van der Waals surface area contributed by atoms with E-state index in [9.17, 15) is 29.1 Å². The molecule has 9 heteroatoms. The van der Waals surface area contributed by atoms with Crippen LogP contribution in [0.2, 0.25) is 0 Å². The van der Waals surface area contributed by atoms with Crippen molar-refractivity contribution in [1.82, 2.24) is 4.90 Å². The lowest BCUT2D eigenvalue weighted by molar-refractivity contribution is -0.180. The van der Waals surface area contributed by atoms with Crippen molar-refractivity contribution >= 4 is 29.7 Å². The Kier molecular flexibility index (Phi) is 7.43. The van der Waals surface area contributed by atoms with Crippen LogP contribution in [0.15, 0.2) is 78.9 Å². The highest BCUT2D eigenvalue weighted by Crippen LogP contribution is 2.32. The molecule has 4 rings (SSSR count). The van der Waals surface area contributed by atoms with Gasteiger partial charge in [0.25, 0.3) is 0 Å². The minimum absolute atomic E-state index is 0.00654. The van der Waals surface area contributed by atoms with Crippen LogP contribution in [0.1, 0.15) is 37.4 Å². The van der Waals surface area contributed by atoms with E-state index >= 15 is 0 Å². The van der Waals surface area contributed by atoms with E-state index in [1.807, 2.05) is 30.3 Å². The van der Waals surface area contributed by atoms with Crippen molar-refractivity contribution in [3.8, 4) is 0 Å². The van der Waals surface area contributed by atoms with Gasteiger partial charge in [0.1, 0.15) is 12.6 Å². The van der Waals surface area contributed by atoms with E-state index in [-0.39, 0.29) is 30.6 Å². The molecule has 0 unspecified atom stereocenters. The molecule has 3 aromatic rings. The molecule has 0 aromatic heterocycles. The third-order valence-corrected chi connectivity index (χ3v) is 6.13. The molecule has 0 spiro atoms. The summed E-state index contributed by atoms with van der Waals surface area (Å²) in [5.74, 6) is -4.91. The molecule has 188 valence electrons. The molecule has 9 nitrogen and oxygen atoms in total. The quantitative estimate of drug-likeness (QED) is 0.337. The van der Waals surface area contributed by atoms with Gasteiger partial charge in [-0.1, -0.05) is 54.6 Å². The summed E-state index contributed by atoms with van der Waals surface area (Å²) in [6.45, 7) is -0.163. The van der Waals surface area contributed by atoms with Crippen LogP contribution in [-0.4, -0.2) is 50.9 Å². The zero-order valence-electron chi connectivity index (χ0n) is 19.6. The normalized spacial score (nSPS) is 16.5. The minimum Gasteiger partial charge on any atom is -0.478 e. The summed E-state index contributed by atoms with van der Waals surface area (Å²) in [4.78, 5) is 62.3. The van der Waals surface area contributed by atoms with Gasteiger partial charge in [-0.3, -0.25) is 14.5 Å². The van der Waals surface area contributed by atoms with Crippen molar-refractivity contribution in [3.05, 3.63) is 107 Å². The summed E-state index contributed by atoms with van der Waals surface area (Å²) in [7, 11) is 0. The zero-order chi connectivity index (χ0) is 26.5. The molecule has 3 aromatic carbocycles. The van der Waals surface area contributed by atoms with E-state index in [1.165, 1.54) is 42.5 Å². The van der Waals surface area contributed by atoms with Crippen LogP contribution < -0.4 is 0 Å². The van der Waals surface area contributed by atoms with Gasteiger partial charge in [-0.25, -0.2) is 14.4 Å². The number of aromatic carboxylic acids is 2. The number of carboxylic acid groups (broad SMARTS) is 2. The van der Waals surface area contributed by atoms with Gasteiger partial charge in [0.05, 0.1) is 23.5 Å². The van der Waals surface area contributed by atoms with Crippen LogP contribution in [0.4, 0.5) is 0 Å². The molecule has 1 fully saturated rings. The number of imide groups is 1. The average Bonchev–Trinajstić information content (AvgIpc) is 2.89. The summed E-state index contributed by atoms with van der Waals surface area (Å²) in [5.41, 5.74) is 1.87. The number of esters is 1. The number of hydrogen-bond acceptors (Lipinski definition) is 6. The molecule has 2 atom stereocenters. The number of β-lactam (4-membered cyclic amide) rings is 1. The lowest BCUT2D eigenvalue weighted by atomic mass is 9.81. The number of carbonyl (C=O) groups excluding carboxylic acids is 3. The maximum Gasteiger partial charge on any atom is 0.335 e. The number of likely N-dealkylation sites (tertiary alicyclic amines) is 1. The summed E-state index contributed by atoms with van der Waals surface area (Å²) < 4.78 is 5.42. The number of carboxylic acids is 2. The van der Waals surface area contributed by atoms with Crippen LogP contribution in [0.3, 0.4) is 0 Å². The Labute approximate surface area is 211 Å². The van der Waals surface area contributed by atoms with Gasteiger partial charge in [0.15, 0.2) is 0 Å². The molecular weight excluding hydrogens is 478 g/mol. The molecule has 37 heavy (non-hydrogen) atoms. The van der Waals surface area contributed by atoms with Gasteiger partial charge < -0.3 is 14.9 Å². The van der Waals surface area contributed by atoms with Gasteiger partial charge >= 0.3 is 17.9 Å². The number of ether oxygens (including phenoxy) is 1. The SMILES string of the molecule is O=C(O)c1ccc(COC(=O)[C@H]2[C@@H](Cc3ccccc3)C(=O)N2C(=O)Cc2cccc(C(=O)O)c2)cc1. The van der Waals surface area contributed by atoms with Crippen molar-refractivity contribution < 1.29 is 38.9 Å². The number of hydrogen-bond donors (Lipinski definition) is 2. The largest absolute Gasteiger partial charge is 0.478 e. The molecule has 0 saturated carbocycles. The van der Waals surface area contributed by atoms with E-state index in [1.54, 1.807) is 6.07 Å². The highest BCUT2D eigenvalue weighted by molar-refractivity contribution is 6.08. The van der Waals surface area contributed by atoms with Gasteiger partial charge in [-0.2, -0.15) is 0 Å². The maximum atomic E-state index is 13.1. The van der Waals surface area contributed by atoms with Crippen molar-refractivity contribution in [2.24, 2.45) is 5.92 Å². The highest BCUT2D eigenvalue weighted by Gasteiger charge is 2.54. The standard InChI is InChI=1S/C28H23NO8/c30-23(15-19-7-4-8-21(13-19)27(34)35)29-24(22(25(29)31)14-17-5-2-1-3-6-17)28(36)37-16-18-9-11-20(12-10-18)26(32)33/h1-13,22,24H,14-16H2,(H,32,33)(H,34,35)/t22-,24-/m1/s1. The molecule has 0 bridgehead atoms.